The van der Waals surface area contributed by atoms with Gasteiger partial charge < -0.3 is 9.72 Å². The highest BCUT2D eigenvalue weighted by Gasteiger charge is 2.45. The first-order valence-corrected chi connectivity index (χ1v) is 10.1. The van der Waals surface area contributed by atoms with Crippen LogP contribution in [-0.4, -0.2) is 46.3 Å². The number of benzene rings is 1. The van der Waals surface area contributed by atoms with Gasteiger partial charge in [0, 0.05) is 23.2 Å². The number of dihydropyridines is 1. The standard InChI is InChI=1S/C22H22ClN3O3/c1-22(2)20(28)16-13(8-6-10-23)19(27)18-17(14(16)11-24-22)25-21(26-18)12-7-4-5-9-15(12)29-3/h4-5,7,9,11,13H,6,8,10H2,1-3H3,(H,25,26). The Morgan fingerprint density at radius 3 is 2.72 bits per heavy atom. The van der Waals surface area contributed by atoms with Crippen LogP contribution in [0.1, 0.15) is 42.9 Å². The Morgan fingerprint density at radius 1 is 1.24 bits per heavy atom. The van der Waals surface area contributed by atoms with E-state index < -0.39 is 11.5 Å². The molecule has 7 heteroatoms. The second kappa shape index (κ2) is 7.26. The van der Waals surface area contributed by atoms with E-state index in [-0.39, 0.29) is 11.6 Å². The van der Waals surface area contributed by atoms with Crippen LogP contribution in [0.2, 0.25) is 0 Å². The summed E-state index contributed by atoms with van der Waals surface area (Å²) in [5.74, 6) is 0.804. The maximum atomic E-state index is 13.4. The fourth-order valence-electron chi connectivity index (χ4n) is 3.92. The highest BCUT2D eigenvalue weighted by Crippen LogP contribution is 2.42. The summed E-state index contributed by atoms with van der Waals surface area (Å²) in [6.45, 7) is 3.53. The number of halogens is 1. The quantitative estimate of drug-likeness (QED) is 0.750. The molecule has 1 aliphatic heterocycles. The van der Waals surface area contributed by atoms with Crippen molar-refractivity contribution in [3.8, 4) is 17.1 Å². The minimum Gasteiger partial charge on any atom is -0.496 e. The third-order valence-electron chi connectivity index (χ3n) is 5.47. The summed E-state index contributed by atoms with van der Waals surface area (Å²) in [5.41, 5.74) is 1.86. The first-order chi connectivity index (χ1) is 13.9. The summed E-state index contributed by atoms with van der Waals surface area (Å²) < 4.78 is 5.43. The number of methoxy groups -OCH3 is 1. The molecule has 1 unspecified atom stereocenters. The van der Waals surface area contributed by atoms with Crippen LogP contribution in [-0.2, 0) is 4.79 Å². The van der Waals surface area contributed by atoms with Gasteiger partial charge in [-0.2, -0.15) is 0 Å². The van der Waals surface area contributed by atoms with E-state index in [0.717, 1.165) is 5.56 Å². The number of nitrogens with zero attached hydrogens (tertiary/aromatic N) is 2. The number of allylic oxidation sites excluding steroid dienone is 1. The van der Waals surface area contributed by atoms with Gasteiger partial charge in [0.1, 0.15) is 28.5 Å². The summed E-state index contributed by atoms with van der Waals surface area (Å²) in [6.07, 6.45) is 2.84. The molecule has 0 fully saturated rings. The number of hydrogen-bond acceptors (Lipinski definition) is 5. The first-order valence-electron chi connectivity index (χ1n) is 9.57. The van der Waals surface area contributed by atoms with Crippen LogP contribution in [0.25, 0.3) is 17.0 Å². The van der Waals surface area contributed by atoms with Crippen molar-refractivity contribution in [3.05, 3.63) is 41.2 Å². The summed E-state index contributed by atoms with van der Waals surface area (Å²) >= 11 is 5.88. The zero-order chi connectivity index (χ0) is 20.8. The van der Waals surface area contributed by atoms with E-state index in [1.807, 2.05) is 24.3 Å². The van der Waals surface area contributed by atoms with Crippen molar-refractivity contribution in [2.45, 2.75) is 32.2 Å². The molecule has 0 amide bonds. The van der Waals surface area contributed by atoms with Crippen molar-refractivity contribution >= 4 is 35.0 Å². The highest BCUT2D eigenvalue weighted by molar-refractivity contribution is 6.30. The Kier molecular flexibility index (Phi) is 4.90. The fraction of sp³-hybridized carbons (Fsp3) is 0.364. The number of imidazole rings is 1. The number of rotatable bonds is 5. The van der Waals surface area contributed by atoms with Crippen molar-refractivity contribution in [2.75, 3.05) is 13.0 Å². The number of H-pyrrole nitrogens is 1. The van der Waals surface area contributed by atoms with E-state index in [4.69, 9.17) is 16.3 Å². The smallest absolute Gasteiger partial charge is 0.188 e. The van der Waals surface area contributed by atoms with E-state index >= 15 is 0 Å². The largest absolute Gasteiger partial charge is 0.496 e. The van der Waals surface area contributed by atoms with Gasteiger partial charge >= 0.3 is 0 Å². The number of para-hydroxylation sites is 1. The molecule has 1 aliphatic carbocycles. The van der Waals surface area contributed by atoms with Crippen molar-refractivity contribution in [3.63, 3.8) is 0 Å². The van der Waals surface area contributed by atoms with Crippen LogP contribution < -0.4 is 4.74 Å². The Morgan fingerprint density at radius 2 is 2.00 bits per heavy atom. The molecular weight excluding hydrogens is 390 g/mol. The van der Waals surface area contributed by atoms with E-state index in [1.165, 1.54) is 0 Å². The summed E-state index contributed by atoms with van der Waals surface area (Å²) in [4.78, 5) is 38.8. The second-order valence-electron chi connectivity index (χ2n) is 7.73. The fourth-order valence-corrected chi connectivity index (χ4v) is 4.07. The number of aromatic nitrogens is 2. The van der Waals surface area contributed by atoms with E-state index in [9.17, 15) is 9.59 Å². The number of ketones is 2. The first kappa shape index (κ1) is 19.6. The van der Waals surface area contributed by atoms with Crippen LogP contribution in [0, 0.1) is 5.92 Å². The molecule has 0 radical (unpaired) electrons. The maximum Gasteiger partial charge on any atom is 0.188 e. The Balaban J connectivity index is 1.90. The molecule has 2 aromatic rings. The predicted molar refractivity (Wildman–Crippen MR) is 113 cm³/mol. The van der Waals surface area contributed by atoms with Crippen molar-refractivity contribution in [1.29, 1.82) is 0 Å². The van der Waals surface area contributed by atoms with Crippen LogP contribution in [0.15, 0.2) is 34.8 Å². The van der Waals surface area contributed by atoms with E-state index in [2.05, 4.69) is 15.0 Å². The summed E-state index contributed by atoms with van der Waals surface area (Å²) in [7, 11) is 1.59. The Hall–Kier alpha value is -2.73. The molecule has 150 valence electrons. The van der Waals surface area contributed by atoms with Crippen molar-refractivity contribution < 1.29 is 14.3 Å². The number of carbonyl (C=O) groups excluding carboxylic acids is 2. The molecule has 4 rings (SSSR count). The molecule has 1 atom stereocenters. The van der Waals surface area contributed by atoms with Gasteiger partial charge in [0.2, 0.25) is 0 Å². The predicted octanol–water partition coefficient (Wildman–Crippen LogP) is 4.10. The number of carbonyl (C=O) groups is 2. The monoisotopic (exact) mass is 411 g/mol. The third kappa shape index (κ3) is 3.12. The van der Waals surface area contributed by atoms with Gasteiger partial charge in [-0.3, -0.25) is 14.6 Å². The number of hydrogen-bond donors (Lipinski definition) is 1. The van der Waals surface area contributed by atoms with Crippen LogP contribution in [0.4, 0.5) is 0 Å². The lowest BCUT2D eigenvalue weighted by atomic mass is 9.73. The lowest BCUT2D eigenvalue weighted by Crippen LogP contribution is -2.40. The van der Waals surface area contributed by atoms with E-state index in [1.54, 1.807) is 27.2 Å². The van der Waals surface area contributed by atoms with Gasteiger partial charge in [-0.05, 0) is 38.8 Å². The number of aromatic amines is 1. The molecule has 0 saturated carbocycles. The summed E-state index contributed by atoms with van der Waals surface area (Å²) in [5, 5.41) is 0. The van der Waals surface area contributed by atoms with Crippen LogP contribution in [0.3, 0.4) is 0 Å². The van der Waals surface area contributed by atoms with Gasteiger partial charge in [0.25, 0.3) is 0 Å². The molecule has 0 spiro atoms. The molecule has 2 heterocycles. The Labute approximate surface area is 174 Å². The minimum absolute atomic E-state index is 0.128. The van der Waals surface area contributed by atoms with Crippen LogP contribution >= 0.6 is 11.6 Å². The van der Waals surface area contributed by atoms with Crippen molar-refractivity contribution in [1.82, 2.24) is 9.97 Å². The third-order valence-corrected chi connectivity index (χ3v) is 5.73. The molecule has 0 saturated heterocycles. The average molecular weight is 412 g/mol. The number of ether oxygens (including phenoxy) is 1. The van der Waals surface area contributed by atoms with Crippen LogP contribution in [0.5, 0.6) is 5.75 Å². The number of aliphatic imine (C=N–C) groups is 1. The molecular formula is C22H22ClN3O3. The zero-order valence-electron chi connectivity index (χ0n) is 16.6. The minimum atomic E-state index is -0.891. The van der Waals surface area contributed by atoms with Gasteiger partial charge in [-0.15, -0.1) is 11.6 Å². The molecule has 1 aromatic heterocycles. The molecule has 1 aromatic carbocycles. The van der Waals surface area contributed by atoms with E-state index in [0.29, 0.717) is 52.8 Å². The average Bonchev–Trinajstić information content (AvgIpc) is 3.16. The normalized spacial score (nSPS) is 19.9. The van der Waals surface area contributed by atoms with Gasteiger partial charge in [-0.1, -0.05) is 12.1 Å². The zero-order valence-corrected chi connectivity index (χ0v) is 17.3. The van der Waals surface area contributed by atoms with Gasteiger partial charge in [0.05, 0.1) is 18.6 Å². The lowest BCUT2D eigenvalue weighted by molar-refractivity contribution is -0.119. The Bertz CT molecular complexity index is 1070. The van der Waals surface area contributed by atoms with Crippen molar-refractivity contribution in [2.24, 2.45) is 10.9 Å². The molecule has 6 nitrogen and oxygen atoms in total. The number of Topliss-reactive ketones (excluding diaryl/α,β-unsaturated/α-hetero) is 2. The number of alkyl halides is 1. The molecule has 29 heavy (non-hydrogen) atoms. The topological polar surface area (TPSA) is 84.4 Å². The lowest BCUT2D eigenvalue weighted by Gasteiger charge is -2.32. The summed E-state index contributed by atoms with van der Waals surface area (Å²) in [6, 6.07) is 7.45. The molecule has 1 N–H and O–H groups in total. The highest BCUT2D eigenvalue weighted by atomic mass is 35.5. The van der Waals surface area contributed by atoms with Gasteiger partial charge in [0.15, 0.2) is 11.6 Å². The van der Waals surface area contributed by atoms with Gasteiger partial charge in [-0.25, -0.2) is 4.98 Å². The number of fused-ring (bicyclic) bond motifs is 2. The molecule has 2 aliphatic rings. The second-order valence-corrected chi connectivity index (χ2v) is 8.11. The maximum absolute atomic E-state index is 13.4. The molecule has 0 bridgehead atoms. The number of nitrogens with one attached hydrogen (secondary N) is 1. The SMILES string of the molecule is COc1ccccc1-c1nc2c([nH]1)C(=O)C(CCCCl)C1=C2C=NC(C)(C)C1=O.